The first-order valence-corrected chi connectivity index (χ1v) is 5.77. The topological polar surface area (TPSA) is 23.8 Å². The van der Waals surface area contributed by atoms with Crippen molar-refractivity contribution in [2.45, 2.75) is 16.7 Å². The summed E-state index contributed by atoms with van der Waals surface area (Å²) in [4.78, 5) is 2.57. The maximum Gasteiger partial charge on any atom is 0.0587 e. The zero-order valence-corrected chi connectivity index (χ0v) is 9.95. The second-order valence-electron chi connectivity index (χ2n) is 2.95. The minimum Gasteiger partial charge on any atom is -0.199 e. The summed E-state index contributed by atoms with van der Waals surface area (Å²) in [7, 11) is 0. The predicted molar refractivity (Wildman–Crippen MR) is 68.3 cm³/mol. The van der Waals surface area contributed by atoms with E-state index >= 15 is 0 Å². The zero-order valence-electron chi connectivity index (χ0n) is 9.13. The van der Waals surface area contributed by atoms with Gasteiger partial charge < -0.3 is 0 Å². The molecule has 0 radical (unpaired) electrons. The van der Waals surface area contributed by atoms with Crippen molar-refractivity contribution in [3.05, 3.63) is 60.7 Å². The van der Waals surface area contributed by atoms with Gasteiger partial charge in [-0.1, -0.05) is 48.2 Å². The van der Waals surface area contributed by atoms with Gasteiger partial charge in [0.2, 0.25) is 0 Å². The average Bonchev–Trinajstić information content (AvgIpc) is 2.33. The fourth-order valence-corrected chi connectivity index (χ4v) is 1.97. The van der Waals surface area contributed by atoms with Gasteiger partial charge in [-0.3, -0.25) is 0 Å². The highest BCUT2D eigenvalue weighted by Gasteiger charge is 1.93. The van der Waals surface area contributed by atoms with Gasteiger partial charge in [-0.15, -0.1) is 0 Å². The second-order valence-corrected chi connectivity index (χ2v) is 4.10. The van der Waals surface area contributed by atoms with E-state index in [2.05, 4.69) is 48.5 Å². The molecule has 80 valence electrons. The Kier molecular flexibility index (Phi) is 5.83. The standard InChI is InChI=1S/C12H10S.C2H3N/c1-3-7-11(8-4-1)13-12-9-5-2-6-10-12;1-2-3/h1-10H;1H3. The van der Waals surface area contributed by atoms with Crippen molar-refractivity contribution < 1.29 is 0 Å². The molecule has 0 saturated heterocycles. The van der Waals surface area contributed by atoms with Crippen molar-refractivity contribution in [3.63, 3.8) is 0 Å². The molecule has 0 aliphatic rings. The van der Waals surface area contributed by atoms with Crippen LogP contribution in [-0.4, -0.2) is 0 Å². The third-order valence-corrected chi connectivity index (χ3v) is 2.74. The number of rotatable bonds is 2. The fourth-order valence-electron chi connectivity index (χ4n) is 1.11. The summed E-state index contributed by atoms with van der Waals surface area (Å²) in [5, 5.41) is 7.32. The highest BCUT2D eigenvalue weighted by molar-refractivity contribution is 7.99. The van der Waals surface area contributed by atoms with E-state index in [-0.39, 0.29) is 0 Å². The number of hydrogen-bond donors (Lipinski definition) is 0. The van der Waals surface area contributed by atoms with E-state index in [1.54, 1.807) is 17.8 Å². The smallest absolute Gasteiger partial charge is 0.0587 e. The summed E-state index contributed by atoms with van der Waals surface area (Å²) in [6, 6.07) is 22.6. The van der Waals surface area contributed by atoms with Crippen LogP contribution >= 0.6 is 11.8 Å². The van der Waals surface area contributed by atoms with Crippen molar-refractivity contribution in [3.8, 4) is 6.07 Å². The van der Waals surface area contributed by atoms with E-state index in [4.69, 9.17) is 5.26 Å². The van der Waals surface area contributed by atoms with Crippen LogP contribution in [0.25, 0.3) is 0 Å². The monoisotopic (exact) mass is 227 g/mol. The molecule has 0 fully saturated rings. The number of hydrogen-bond acceptors (Lipinski definition) is 2. The molecule has 0 aliphatic carbocycles. The highest BCUT2D eigenvalue weighted by Crippen LogP contribution is 2.26. The van der Waals surface area contributed by atoms with Gasteiger partial charge in [-0.05, 0) is 24.3 Å². The normalized spacial score (nSPS) is 8.50. The lowest BCUT2D eigenvalue weighted by Gasteiger charge is -1.99. The molecular formula is C14H13NS. The van der Waals surface area contributed by atoms with Gasteiger partial charge in [0.1, 0.15) is 0 Å². The Hall–Kier alpha value is -1.72. The van der Waals surface area contributed by atoms with Crippen molar-refractivity contribution in [2.75, 3.05) is 0 Å². The van der Waals surface area contributed by atoms with Crippen molar-refractivity contribution >= 4 is 11.8 Å². The molecule has 2 aromatic rings. The molecule has 0 aromatic heterocycles. The third-order valence-electron chi connectivity index (χ3n) is 1.72. The maximum absolute atomic E-state index is 7.32. The second kappa shape index (κ2) is 7.56. The number of benzene rings is 2. The fraction of sp³-hybridized carbons (Fsp3) is 0.0714. The lowest BCUT2D eigenvalue weighted by atomic mass is 10.4. The van der Waals surface area contributed by atoms with E-state index in [9.17, 15) is 0 Å². The Balaban J connectivity index is 0.000000386. The molecule has 0 amide bonds. The van der Waals surface area contributed by atoms with Gasteiger partial charge in [0.15, 0.2) is 0 Å². The Morgan fingerprint density at radius 1 is 0.812 bits per heavy atom. The van der Waals surface area contributed by atoms with Crippen LogP contribution < -0.4 is 0 Å². The average molecular weight is 227 g/mol. The molecule has 0 atom stereocenters. The first-order chi connectivity index (χ1) is 7.86. The molecule has 0 unspecified atom stereocenters. The quantitative estimate of drug-likeness (QED) is 0.760. The molecule has 0 heterocycles. The Morgan fingerprint density at radius 3 is 1.44 bits per heavy atom. The highest BCUT2D eigenvalue weighted by atomic mass is 32.2. The first-order valence-electron chi connectivity index (χ1n) is 4.95. The molecule has 16 heavy (non-hydrogen) atoms. The van der Waals surface area contributed by atoms with Crippen molar-refractivity contribution in [2.24, 2.45) is 0 Å². The molecule has 0 spiro atoms. The molecule has 0 N–H and O–H groups in total. The van der Waals surface area contributed by atoms with Crippen LogP contribution in [0.2, 0.25) is 0 Å². The van der Waals surface area contributed by atoms with Crippen LogP contribution in [0, 0.1) is 11.3 Å². The van der Waals surface area contributed by atoms with Crippen molar-refractivity contribution in [1.29, 1.82) is 5.26 Å². The number of nitrogens with zero attached hydrogens (tertiary/aromatic N) is 1. The Morgan fingerprint density at radius 2 is 1.12 bits per heavy atom. The van der Waals surface area contributed by atoms with Crippen LogP contribution in [0.1, 0.15) is 6.92 Å². The van der Waals surface area contributed by atoms with Crippen LogP contribution in [0.5, 0.6) is 0 Å². The van der Waals surface area contributed by atoms with Gasteiger partial charge in [-0.2, -0.15) is 5.26 Å². The third kappa shape index (κ3) is 4.68. The summed E-state index contributed by atoms with van der Waals surface area (Å²) in [6.45, 7) is 1.43. The molecular weight excluding hydrogens is 214 g/mol. The Labute approximate surface area is 101 Å². The lowest BCUT2D eigenvalue weighted by Crippen LogP contribution is -1.70. The SMILES string of the molecule is CC#N.c1ccc(Sc2ccccc2)cc1. The molecule has 2 heteroatoms. The van der Waals surface area contributed by atoms with Gasteiger partial charge in [-0.25, -0.2) is 0 Å². The molecule has 2 rings (SSSR count). The molecule has 0 saturated carbocycles. The summed E-state index contributed by atoms with van der Waals surface area (Å²) in [5.74, 6) is 0. The zero-order chi connectivity index (χ0) is 11.6. The first kappa shape index (κ1) is 12.4. The summed E-state index contributed by atoms with van der Waals surface area (Å²) >= 11 is 1.79. The van der Waals surface area contributed by atoms with E-state index in [0.29, 0.717) is 0 Å². The maximum atomic E-state index is 7.32. The van der Waals surface area contributed by atoms with Gasteiger partial charge in [0, 0.05) is 16.7 Å². The summed E-state index contributed by atoms with van der Waals surface area (Å²) in [6.07, 6.45) is 0. The minimum absolute atomic E-state index is 1.29. The number of nitriles is 1. The van der Waals surface area contributed by atoms with E-state index in [1.165, 1.54) is 16.7 Å². The predicted octanol–water partition coefficient (Wildman–Crippen LogP) is 4.37. The van der Waals surface area contributed by atoms with E-state index in [0.717, 1.165) is 0 Å². The van der Waals surface area contributed by atoms with E-state index in [1.807, 2.05) is 12.1 Å². The van der Waals surface area contributed by atoms with Gasteiger partial charge in [0.25, 0.3) is 0 Å². The van der Waals surface area contributed by atoms with Gasteiger partial charge in [0.05, 0.1) is 6.07 Å². The minimum atomic E-state index is 1.29. The van der Waals surface area contributed by atoms with Crippen molar-refractivity contribution in [1.82, 2.24) is 0 Å². The summed E-state index contributed by atoms with van der Waals surface area (Å²) < 4.78 is 0. The van der Waals surface area contributed by atoms with Crippen LogP contribution in [0.3, 0.4) is 0 Å². The lowest BCUT2D eigenvalue weighted by molar-refractivity contribution is 1.41. The molecule has 2 aromatic carbocycles. The Bertz CT molecular complexity index is 394. The van der Waals surface area contributed by atoms with Crippen LogP contribution in [0.15, 0.2) is 70.5 Å². The summed E-state index contributed by atoms with van der Waals surface area (Å²) in [5.41, 5.74) is 0. The van der Waals surface area contributed by atoms with Crippen LogP contribution in [0.4, 0.5) is 0 Å². The van der Waals surface area contributed by atoms with E-state index < -0.39 is 0 Å². The molecule has 0 bridgehead atoms. The molecule has 0 aliphatic heterocycles. The van der Waals surface area contributed by atoms with Gasteiger partial charge >= 0.3 is 0 Å². The van der Waals surface area contributed by atoms with Crippen LogP contribution in [-0.2, 0) is 0 Å². The molecule has 1 nitrogen and oxygen atoms in total. The largest absolute Gasteiger partial charge is 0.199 e.